The zero-order valence-corrected chi connectivity index (χ0v) is 22.5. The molecule has 9 nitrogen and oxygen atoms in total. The maximum atomic E-state index is 13.4. The van der Waals surface area contributed by atoms with E-state index in [4.69, 9.17) is 27.9 Å². The lowest BCUT2D eigenvalue weighted by atomic mass is 10.3. The molecule has 3 aromatic rings. The van der Waals surface area contributed by atoms with Gasteiger partial charge in [0.2, 0.25) is 15.9 Å². The fraction of sp³-hybridized carbons (Fsp3) is 0.208. The molecule has 4 rings (SSSR count). The normalized spacial score (nSPS) is 14.8. The van der Waals surface area contributed by atoms with Gasteiger partial charge in [-0.25, -0.2) is 16.8 Å². The molecule has 1 fully saturated rings. The van der Waals surface area contributed by atoms with Crippen molar-refractivity contribution in [3.8, 4) is 0 Å². The van der Waals surface area contributed by atoms with Crippen molar-refractivity contribution in [1.29, 1.82) is 0 Å². The van der Waals surface area contributed by atoms with E-state index in [9.17, 15) is 21.6 Å². The first-order valence-electron chi connectivity index (χ1n) is 11.1. The minimum Gasteiger partial charge on any atom is -0.379 e. The fourth-order valence-corrected chi connectivity index (χ4v) is 6.79. The van der Waals surface area contributed by atoms with Crippen LogP contribution < -0.4 is 9.62 Å². The van der Waals surface area contributed by atoms with Crippen LogP contribution in [0.15, 0.2) is 82.6 Å². The smallest absolute Gasteiger partial charge is 0.264 e. The summed E-state index contributed by atoms with van der Waals surface area (Å²) in [7, 11) is -7.82. The summed E-state index contributed by atoms with van der Waals surface area (Å²) in [6, 6.07) is 17.6. The molecule has 0 bridgehead atoms. The average molecular weight is 585 g/mol. The highest BCUT2D eigenvalue weighted by Gasteiger charge is 2.28. The highest BCUT2D eigenvalue weighted by atomic mass is 35.5. The Kier molecular flexibility index (Phi) is 8.42. The van der Waals surface area contributed by atoms with Gasteiger partial charge >= 0.3 is 0 Å². The summed E-state index contributed by atoms with van der Waals surface area (Å²) >= 11 is 12.1. The van der Waals surface area contributed by atoms with Crippen LogP contribution in [0.1, 0.15) is 0 Å². The highest BCUT2D eigenvalue weighted by Crippen LogP contribution is 2.30. The monoisotopic (exact) mass is 583 g/mol. The zero-order valence-electron chi connectivity index (χ0n) is 19.4. The van der Waals surface area contributed by atoms with Crippen LogP contribution in [0.5, 0.6) is 0 Å². The number of hydrogen-bond acceptors (Lipinski definition) is 6. The predicted molar refractivity (Wildman–Crippen MR) is 142 cm³/mol. The second-order valence-corrected chi connectivity index (χ2v) is 12.6. The van der Waals surface area contributed by atoms with Gasteiger partial charge in [-0.2, -0.15) is 4.31 Å². The molecule has 0 aliphatic carbocycles. The maximum absolute atomic E-state index is 13.4. The molecule has 1 aliphatic rings. The maximum Gasteiger partial charge on any atom is 0.264 e. The molecule has 37 heavy (non-hydrogen) atoms. The molecule has 0 radical (unpaired) electrons. The summed E-state index contributed by atoms with van der Waals surface area (Å²) in [5.74, 6) is -0.644. The summed E-state index contributed by atoms with van der Waals surface area (Å²) < 4.78 is 59.9. The summed E-state index contributed by atoms with van der Waals surface area (Å²) in [5, 5.41) is 2.98. The number of anilines is 2. The molecule has 1 amide bonds. The number of carbonyl (C=O) groups is 1. The van der Waals surface area contributed by atoms with Gasteiger partial charge in [0.25, 0.3) is 10.0 Å². The van der Waals surface area contributed by atoms with E-state index in [1.807, 2.05) is 0 Å². The molecular weight excluding hydrogens is 561 g/mol. The highest BCUT2D eigenvalue weighted by molar-refractivity contribution is 7.92. The van der Waals surface area contributed by atoms with Gasteiger partial charge in [0.15, 0.2) is 0 Å². The van der Waals surface area contributed by atoms with Crippen molar-refractivity contribution in [2.45, 2.75) is 9.79 Å². The third kappa shape index (κ3) is 6.25. The summed E-state index contributed by atoms with van der Waals surface area (Å²) in [6.07, 6.45) is 0. The van der Waals surface area contributed by atoms with E-state index in [1.165, 1.54) is 58.9 Å². The fourth-order valence-electron chi connectivity index (χ4n) is 3.65. The first-order chi connectivity index (χ1) is 17.6. The number of benzene rings is 3. The quantitative estimate of drug-likeness (QED) is 0.431. The number of carbonyl (C=O) groups excluding carboxylic acids is 1. The van der Waals surface area contributed by atoms with Crippen molar-refractivity contribution in [3.05, 3.63) is 82.8 Å². The second kappa shape index (κ2) is 11.4. The Bertz CT molecular complexity index is 1480. The Morgan fingerprint density at radius 2 is 1.51 bits per heavy atom. The molecule has 196 valence electrons. The molecule has 0 atom stereocenters. The van der Waals surface area contributed by atoms with Crippen molar-refractivity contribution >= 4 is 60.5 Å². The van der Waals surface area contributed by atoms with Crippen LogP contribution in [0.3, 0.4) is 0 Å². The second-order valence-electron chi connectivity index (χ2n) is 8.01. The van der Waals surface area contributed by atoms with Gasteiger partial charge < -0.3 is 10.1 Å². The van der Waals surface area contributed by atoms with Crippen LogP contribution in [0.2, 0.25) is 10.0 Å². The van der Waals surface area contributed by atoms with Crippen LogP contribution >= 0.6 is 23.2 Å². The molecule has 0 unspecified atom stereocenters. The van der Waals surface area contributed by atoms with Crippen molar-refractivity contribution < 1.29 is 26.4 Å². The Morgan fingerprint density at radius 1 is 0.865 bits per heavy atom. The topological polar surface area (TPSA) is 113 Å². The minimum atomic E-state index is -4.13. The molecule has 0 spiro atoms. The number of sulfonamides is 2. The van der Waals surface area contributed by atoms with E-state index >= 15 is 0 Å². The van der Waals surface area contributed by atoms with Crippen LogP contribution in [0, 0.1) is 0 Å². The molecular formula is C24H23Cl2N3O6S2. The van der Waals surface area contributed by atoms with Gasteiger partial charge in [-0.3, -0.25) is 9.10 Å². The Balaban J connectivity index is 1.55. The van der Waals surface area contributed by atoms with Gasteiger partial charge in [-0.05, 0) is 54.6 Å². The zero-order chi connectivity index (χ0) is 26.6. The van der Waals surface area contributed by atoms with Gasteiger partial charge in [0.1, 0.15) is 6.54 Å². The number of rotatable bonds is 8. The third-order valence-corrected chi connectivity index (χ3v) is 10.00. The standard InChI is InChI=1S/C24H23Cl2N3O6S2/c25-22-11-8-19(16-23(22)26)29(37(33,34)20-4-2-1-3-5-20)17-24(30)27-18-6-9-21(10-7-18)36(31,32)28-12-14-35-15-13-28/h1-11,16H,12-15,17H2,(H,27,30). The predicted octanol–water partition coefficient (Wildman–Crippen LogP) is 3.85. The number of morpholine rings is 1. The van der Waals surface area contributed by atoms with Gasteiger partial charge in [0.05, 0.1) is 38.7 Å². The third-order valence-electron chi connectivity index (χ3n) is 5.56. The van der Waals surface area contributed by atoms with E-state index in [2.05, 4.69) is 5.32 Å². The van der Waals surface area contributed by atoms with Crippen molar-refractivity contribution in [2.75, 3.05) is 42.5 Å². The average Bonchev–Trinajstić information content (AvgIpc) is 2.90. The van der Waals surface area contributed by atoms with Crippen LogP contribution in [0.25, 0.3) is 0 Å². The lowest BCUT2D eigenvalue weighted by Crippen LogP contribution is -2.40. The van der Waals surface area contributed by atoms with Crippen LogP contribution in [-0.2, 0) is 29.6 Å². The first-order valence-corrected chi connectivity index (χ1v) is 14.7. The van der Waals surface area contributed by atoms with Crippen LogP contribution in [0.4, 0.5) is 11.4 Å². The van der Waals surface area contributed by atoms with E-state index in [0.717, 1.165) is 4.31 Å². The minimum absolute atomic E-state index is 0.00783. The van der Waals surface area contributed by atoms with E-state index in [-0.39, 0.29) is 38.6 Å². The number of hydrogen-bond donors (Lipinski definition) is 1. The molecule has 3 aromatic carbocycles. The molecule has 1 saturated heterocycles. The summed E-state index contributed by atoms with van der Waals surface area (Å²) in [6.45, 7) is 0.620. The molecule has 13 heteroatoms. The molecule has 1 N–H and O–H groups in total. The number of nitrogens with one attached hydrogen (secondary N) is 1. The van der Waals surface area contributed by atoms with E-state index < -0.39 is 32.5 Å². The van der Waals surface area contributed by atoms with Crippen molar-refractivity contribution in [3.63, 3.8) is 0 Å². The Labute approximate surface area is 225 Å². The Morgan fingerprint density at radius 3 is 2.14 bits per heavy atom. The lowest BCUT2D eigenvalue weighted by molar-refractivity contribution is -0.114. The molecule has 0 saturated carbocycles. The molecule has 0 aromatic heterocycles. The summed E-state index contributed by atoms with van der Waals surface area (Å²) in [4.78, 5) is 13.0. The number of amides is 1. The molecule has 1 heterocycles. The van der Waals surface area contributed by atoms with E-state index in [0.29, 0.717) is 18.9 Å². The summed E-state index contributed by atoms with van der Waals surface area (Å²) in [5.41, 5.74) is 0.456. The van der Waals surface area contributed by atoms with Crippen molar-refractivity contribution in [1.82, 2.24) is 4.31 Å². The Hall–Kier alpha value is -2.67. The van der Waals surface area contributed by atoms with Gasteiger partial charge in [-0.1, -0.05) is 41.4 Å². The van der Waals surface area contributed by atoms with Gasteiger partial charge in [0, 0.05) is 18.8 Å². The number of nitrogens with zero attached hydrogens (tertiary/aromatic N) is 2. The van der Waals surface area contributed by atoms with Crippen LogP contribution in [-0.4, -0.2) is 59.9 Å². The first kappa shape index (κ1) is 27.4. The number of ether oxygens (including phenoxy) is 1. The lowest BCUT2D eigenvalue weighted by Gasteiger charge is -2.26. The molecule has 1 aliphatic heterocycles. The van der Waals surface area contributed by atoms with Crippen molar-refractivity contribution in [2.24, 2.45) is 0 Å². The number of halogens is 2. The SMILES string of the molecule is O=C(CN(c1ccc(Cl)c(Cl)c1)S(=O)(=O)c1ccccc1)Nc1ccc(S(=O)(=O)N2CCOCC2)cc1. The van der Waals surface area contributed by atoms with E-state index in [1.54, 1.807) is 18.2 Å². The largest absolute Gasteiger partial charge is 0.379 e. The van der Waals surface area contributed by atoms with Gasteiger partial charge in [-0.15, -0.1) is 0 Å².